The average Bonchev–Trinajstić information content (AvgIpc) is 2.38. The highest BCUT2D eigenvalue weighted by Gasteiger charge is 2.19. The minimum Gasteiger partial charge on any atom is -0.384 e. The third-order valence-corrected chi connectivity index (χ3v) is 3.65. The fraction of sp³-hybridized carbons (Fsp3) is 0.727. The molecule has 1 heterocycles. The van der Waals surface area contributed by atoms with Crippen LogP contribution in [0.1, 0.15) is 27.2 Å². The van der Waals surface area contributed by atoms with Gasteiger partial charge in [-0.05, 0) is 12.3 Å². The predicted molar refractivity (Wildman–Crippen MR) is 62.0 cm³/mol. The SMILES string of the molecule is CCC1=C(C#N)CSCC(C(C)C)N1. The van der Waals surface area contributed by atoms with Crippen LogP contribution < -0.4 is 5.32 Å². The largest absolute Gasteiger partial charge is 0.384 e. The molecule has 3 heteroatoms. The number of nitriles is 1. The summed E-state index contributed by atoms with van der Waals surface area (Å²) in [6.07, 6.45) is 0.937. The van der Waals surface area contributed by atoms with Crippen LogP contribution in [-0.2, 0) is 0 Å². The van der Waals surface area contributed by atoms with Crippen molar-refractivity contribution in [3.63, 3.8) is 0 Å². The highest BCUT2D eigenvalue weighted by atomic mass is 32.2. The molecule has 0 amide bonds. The number of hydrogen-bond acceptors (Lipinski definition) is 3. The van der Waals surface area contributed by atoms with Gasteiger partial charge in [0.25, 0.3) is 0 Å². The van der Waals surface area contributed by atoms with E-state index in [-0.39, 0.29) is 0 Å². The first kappa shape index (κ1) is 11.5. The maximum atomic E-state index is 8.98. The summed E-state index contributed by atoms with van der Waals surface area (Å²) in [4.78, 5) is 0. The number of rotatable bonds is 2. The molecule has 1 atom stereocenters. The van der Waals surface area contributed by atoms with Crippen LogP contribution in [0.2, 0.25) is 0 Å². The Morgan fingerprint density at radius 2 is 2.36 bits per heavy atom. The minimum absolute atomic E-state index is 0.515. The molecule has 0 saturated carbocycles. The van der Waals surface area contributed by atoms with Crippen LogP contribution in [0.4, 0.5) is 0 Å². The summed E-state index contributed by atoms with van der Waals surface area (Å²) in [5, 5.41) is 12.5. The van der Waals surface area contributed by atoms with Gasteiger partial charge < -0.3 is 5.32 Å². The monoisotopic (exact) mass is 210 g/mol. The van der Waals surface area contributed by atoms with Gasteiger partial charge >= 0.3 is 0 Å². The maximum absolute atomic E-state index is 8.98. The minimum atomic E-state index is 0.515. The number of allylic oxidation sites excluding steroid dienone is 1. The summed E-state index contributed by atoms with van der Waals surface area (Å²) in [6, 6.07) is 2.82. The van der Waals surface area contributed by atoms with E-state index in [4.69, 9.17) is 5.26 Å². The molecular formula is C11H18N2S. The molecule has 0 aromatic carbocycles. The number of hydrogen-bond donors (Lipinski definition) is 1. The van der Waals surface area contributed by atoms with Crippen molar-refractivity contribution in [3.8, 4) is 6.07 Å². The Bertz CT molecular complexity index is 263. The van der Waals surface area contributed by atoms with Gasteiger partial charge in [-0.15, -0.1) is 0 Å². The highest BCUT2D eigenvalue weighted by molar-refractivity contribution is 7.99. The summed E-state index contributed by atoms with van der Waals surface area (Å²) >= 11 is 1.86. The standard InChI is InChI=1S/C11H18N2S/c1-4-10-9(5-12)6-14-7-11(13-10)8(2)3/h8,11,13H,4,6-7H2,1-3H3. The van der Waals surface area contributed by atoms with E-state index >= 15 is 0 Å². The molecular weight excluding hydrogens is 192 g/mol. The van der Waals surface area contributed by atoms with Crippen LogP contribution in [0.5, 0.6) is 0 Å². The maximum Gasteiger partial charge on any atom is 0.0974 e. The molecule has 1 N–H and O–H groups in total. The van der Waals surface area contributed by atoms with Gasteiger partial charge in [-0.3, -0.25) is 0 Å². The number of thioether (sulfide) groups is 1. The Labute approximate surface area is 90.8 Å². The topological polar surface area (TPSA) is 35.8 Å². The van der Waals surface area contributed by atoms with Crippen molar-refractivity contribution >= 4 is 11.8 Å². The second kappa shape index (κ2) is 5.31. The van der Waals surface area contributed by atoms with E-state index in [9.17, 15) is 0 Å². The Kier molecular flexibility index (Phi) is 4.34. The van der Waals surface area contributed by atoms with Crippen LogP contribution >= 0.6 is 11.8 Å². The molecule has 14 heavy (non-hydrogen) atoms. The molecule has 78 valence electrons. The molecule has 0 aromatic heterocycles. The van der Waals surface area contributed by atoms with Crippen LogP contribution in [0, 0.1) is 17.2 Å². The van der Waals surface area contributed by atoms with Gasteiger partial charge in [0.2, 0.25) is 0 Å². The van der Waals surface area contributed by atoms with Crippen LogP contribution in [0.15, 0.2) is 11.3 Å². The second-order valence-electron chi connectivity index (χ2n) is 3.93. The van der Waals surface area contributed by atoms with E-state index in [2.05, 4.69) is 32.2 Å². The predicted octanol–water partition coefficient (Wildman–Crippen LogP) is 2.54. The van der Waals surface area contributed by atoms with Crippen LogP contribution in [0.3, 0.4) is 0 Å². The molecule has 0 spiro atoms. The van der Waals surface area contributed by atoms with Gasteiger partial charge in [0.1, 0.15) is 0 Å². The molecule has 0 radical (unpaired) electrons. The molecule has 1 aliphatic rings. The second-order valence-corrected chi connectivity index (χ2v) is 4.96. The molecule has 0 aliphatic carbocycles. The average molecular weight is 210 g/mol. The fourth-order valence-corrected chi connectivity index (χ4v) is 2.78. The quantitative estimate of drug-likeness (QED) is 0.761. The lowest BCUT2D eigenvalue weighted by molar-refractivity contribution is 0.464. The summed E-state index contributed by atoms with van der Waals surface area (Å²) in [6.45, 7) is 6.55. The molecule has 1 aliphatic heterocycles. The van der Waals surface area contributed by atoms with Crippen LogP contribution in [0.25, 0.3) is 0 Å². The Morgan fingerprint density at radius 1 is 1.64 bits per heavy atom. The van der Waals surface area contributed by atoms with Crippen molar-refractivity contribution in [2.24, 2.45) is 5.92 Å². The van der Waals surface area contributed by atoms with Crippen molar-refractivity contribution in [2.45, 2.75) is 33.2 Å². The molecule has 0 fully saturated rings. The van der Waals surface area contributed by atoms with Crippen molar-refractivity contribution in [3.05, 3.63) is 11.3 Å². The lowest BCUT2D eigenvalue weighted by Crippen LogP contribution is -2.34. The van der Waals surface area contributed by atoms with Gasteiger partial charge in [0.05, 0.1) is 11.6 Å². The zero-order valence-electron chi connectivity index (χ0n) is 9.13. The Balaban J connectivity index is 2.80. The molecule has 1 rings (SSSR count). The lowest BCUT2D eigenvalue weighted by atomic mass is 10.1. The third-order valence-electron chi connectivity index (χ3n) is 2.56. The van der Waals surface area contributed by atoms with Crippen LogP contribution in [-0.4, -0.2) is 17.5 Å². The first-order chi connectivity index (χ1) is 6.69. The summed E-state index contributed by atoms with van der Waals surface area (Å²) in [5.41, 5.74) is 2.08. The van der Waals surface area contributed by atoms with E-state index in [1.807, 2.05) is 11.8 Å². The van der Waals surface area contributed by atoms with E-state index < -0.39 is 0 Å². The van der Waals surface area contributed by atoms with Crippen molar-refractivity contribution in [1.29, 1.82) is 5.26 Å². The Hall–Kier alpha value is -0.620. The van der Waals surface area contributed by atoms with Crippen molar-refractivity contribution in [2.75, 3.05) is 11.5 Å². The number of nitrogens with one attached hydrogen (secondary N) is 1. The van der Waals surface area contributed by atoms with Crippen molar-refractivity contribution in [1.82, 2.24) is 5.32 Å². The smallest absolute Gasteiger partial charge is 0.0974 e. The van der Waals surface area contributed by atoms with Gasteiger partial charge in [-0.1, -0.05) is 20.8 Å². The fourth-order valence-electron chi connectivity index (χ4n) is 1.50. The zero-order valence-corrected chi connectivity index (χ0v) is 9.95. The van der Waals surface area contributed by atoms with E-state index in [1.54, 1.807) is 0 Å². The summed E-state index contributed by atoms with van der Waals surface area (Å²) in [7, 11) is 0. The summed E-state index contributed by atoms with van der Waals surface area (Å²) in [5.74, 6) is 2.60. The Morgan fingerprint density at radius 3 is 2.86 bits per heavy atom. The number of nitrogens with zero attached hydrogens (tertiary/aromatic N) is 1. The van der Waals surface area contributed by atoms with E-state index in [1.165, 1.54) is 0 Å². The molecule has 0 bridgehead atoms. The van der Waals surface area contributed by atoms with Crippen molar-refractivity contribution < 1.29 is 0 Å². The molecule has 2 nitrogen and oxygen atoms in total. The van der Waals surface area contributed by atoms with E-state index in [0.29, 0.717) is 12.0 Å². The molecule has 0 aromatic rings. The third kappa shape index (κ3) is 2.68. The van der Waals surface area contributed by atoms with Gasteiger partial charge in [-0.25, -0.2) is 0 Å². The highest BCUT2D eigenvalue weighted by Crippen LogP contribution is 2.21. The van der Waals surface area contributed by atoms with Gasteiger partial charge in [0, 0.05) is 23.2 Å². The van der Waals surface area contributed by atoms with Gasteiger partial charge in [-0.2, -0.15) is 17.0 Å². The zero-order chi connectivity index (χ0) is 10.6. The van der Waals surface area contributed by atoms with Gasteiger partial charge in [0.15, 0.2) is 0 Å². The normalized spacial score (nSPS) is 22.9. The lowest BCUT2D eigenvalue weighted by Gasteiger charge is -2.22. The first-order valence-corrected chi connectivity index (χ1v) is 6.30. The molecule has 1 unspecified atom stereocenters. The first-order valence-electron chi connectivity index (χ1n) is 5.15. The molecule has 0 saturated heterocycles. The van der Waals surface area contributed by atoms with E-state index in [0.717, 1.165) is 29.2 Å². The summed E-state index contributed by atoms with van der Waals surface area (Å²) < 4.78 is 0.